The Hall–Kier alpha value is 0.230. The summed E-state index contributed by atoms with van der Waals surface area (Å²) in [5.41, 5.74) is 5.76. The van der Waals surface area contributed by atoms with E-state index in [9.17, 15) is 0 Å². The minimum atomic E-state index is 0.221. The molecular weight excluding hydrogens is 244 g/mol. The average molecular weight is 272 g/mol. The average Bonchev–Trinajstić information content (AvgIpc) is 2.82. The number of thioether (sulfide) groups is 1. The molecule has 0 amide bonds. The van der Waals surface area contributed by atoms with Gasteiger partial charge in [-0.2, -0.15) is 11.8 Å². The molecule has 0 radical (unpaired) electrons. The molecule has 0 aromatic carbocycles. The van der Waals surface area contributed by atoms with Gasteiger partial charge in [0.2, 0.25) is 0 Å². The van der Waals surface area contributed by atoms with Crippen molar-refractivity contribution in [3.8, 4) is 0 Å². The minimum absolute atomic E-state index is 0.221. The summed E-state index contributed by atoms with van der Waals surface area (Å²) in [6.07, 6.45) is 7.43. The van der Waals surface area contributed by atoms with Crippen LogP contribution in [0.15, 0.2) is 0 Å². The summed E-state index contributed by atoms with van der Waals surface area (Å²) in [5.74, 6) is 2.50. The molecule has 18 heavy (non-hydrogen) atoms. The maximum absolute atomic E-state index is 6.09. The van der Waals surface area contributed by atoms with E-state index in [4.69, 9.17) is 10.5 Å². The highest BCUT2D eigenvalue weighted by molar-refractivity contribution is 7.99. The summed E-state index contributed by atoms with van der Waals surface area (Å²) < 4.78 is 6.09. The second-order valence-corrected chi connectivity index (χ2v) is 6.92. The lowest BCUT2D eigenvalue weighted by molar-refractivity contribution is -0.0864. The zero-order valence-corrected chi connectivity index (χ0v) is 12.5. The SMILES string of the molecule is CN(CCCCCN)C1CCOC2(CCSC2)C1. The largest absolute Gasteiger partial charge is 0.374 e. The van der Waals surface area contributed by atoms with Crippen molar-refractivity contribution in [1.29, 1.82) is 0 Å². The molecule has 2 unspecified atom stereocenters. The first-order valence-corrected chi connectivity index (χ1v) is 8.53. The smallest absolute Gasteiger partial charge is 0.0795 e. The maximum atomic E-state index is 6.09. The van der Waals surface area contributed by atoms with Crippen LogP contribution in [0.4, 0.5) is 0 Å². The number of unbranched alkanes of at least 4 members (excludes halogenated alkanes) is 2. The van der Waals surface area contributed by atoms with Gasteiger partial charge in [0, 0.05) is 18.4 Å². The van der Waals surface area contributed by atoms with Crippen molar-refractivity contribution in [3.05, 3.63) is 0 Å². The molecule has 2 fully saturated rings. The van der Waals surface area contributed by atoms with Gasteiger partial charge in [0.25, 0.3) is 0 Å². The van der Waals surface area contributed by atoms with Gasteiger partial charge in [0.15, 0.2) is 0 Å². The summed E-state index contributed by atoms with van der Waals surface area (Å²) in [6.45, 7) is 3.01. The molecule has 2 heterocycles. The summed E-state index contributed by atoms with van der Waals surface area (Å²) in [4.78, 5) is 2.56. The Balaban J connectivity index is 1.74. The van der Waals surface area contributed by atoms with Crippen LogP contribution in [0.25, 0.3) is 0 Å². The first-order chi connectivity index (χ1) is 8.76. The van der Waals surface area contributed by atoms with Crippen molar-refractivity contribution in [3.63, 3.8) is 0 Å². The van der Waals surface area contributed by atoms with E-state index >= 15 is 0 Å². The highest BCUT2D eigenvalue weighted by Gasteiger charge is 2.41. The molecule has 0 saturated carbocycles. The predicted octanol–water partition coefficient (Wildman–Crippen LogP) is 2.10. The van der Waals surface area contributed by atoms with Crippen molar-refractivity contribution < 1.29 is 4.74 Å². The highest BCUT2D eigenvalue weighted by Crippen LogP contribution is 2.39. The molecule has 0 bridgehead atoms. The van der Waals surface area contributed by atoms with Crippen molar-refractivity contribution in [2.24, 2.45) is 5.73 Å². The van der Waals surface area contributed by atoms with Gasteiger partial charge in [-0.3, -0.25) is 0 Å². The van der Waals surface area contributed by atoms with Crippen LogP contribution in [0.5, 0.6) is 0 Å². The predicted molar refractivity (Wildman–Crippen MR) is 79.2 cm³/mol. The molecule has 2 aliphatic heterocycles. The van der Waals surface area contributed by atoms with E-state index in [1.807, 2.05) is 0 Å². The normalized spacial score (nSPS) is 32.5. The third-order valence-electron chi connectivity index (χ3n) is 4.37. The molecule has 3 nitrogen and oxygen atoms in total. The van der Waals surface area contributed by atoms with Gasteiger partial charge in [-0.05, 0) is 58.0 Å². The van der Waals surface area contributed by atoms with Crippen molar-refractivity contribution in [2.75, 3.05) is 38.2 Å². The fourth-order valence-electron chi connectivity index (χ4n) is 3.11. The molecule has 2 atom stereocenters. The Morgan fingerprint density at radius 2 is 2.28 bits per heavy atom. The van der Waals surface area contributed by atoms with Crippen LogP contribution >= 0.6 is 11.8 Å². The van der Waals surface area contributed by atoms with E-state index in [2.05, 4.69) is 23.7 Å². The van der Waals surface area contributed by atoms with Crippen LogP contribution in [0.1, 0.15) is 38.5 Å². The third kappa shape index (κ3) is 3.86. The standard InChI is InChI=1S/C14H28N2OS/c1-16(8-4-2-3-7-15)13-5-9-17-14(11-13)6-10-18-12-14/h13H,2-12,15H2,1H3. The van der Waals surface area contributed by atoms with Crippen molar-refractivity contribution in [2.45, 2.75) is 50.2 Å². The van der Waals surface area contributed by atoms with Crippen LogP contribution in [-0.4, -0.2) is 54.8 Å². The quantitative estimate of drug-likeness (QED) is 0.752. The van der Waals surface area contributed by atoms with Crippen LogP contribution in [0, 0.1) is 0 Å². The van der Waals surface area contributed by atoms with E-state index < -0.39 is 0 Å². The molecule has 4 heteroatoms. The first-order valence-electron chi connectivity index (χ1n) is 7.38. The molecule has 1 spiro atoms. The highest BCUT2D eigenvalue weighted by atomic mass is 32.2. The molecular formula is C14H28N2OS. The zero-order chi connectivity index (χ0) is 12.8. The van der Waals surface area contributed by atoms with Crippen LogP contribution in [-0.2, 0) is 4.74 Å². The molecule has 0 aromatic heterocycles. The third-order valence-corrected chi connectivity index (χ3v) is 5.60. The second-order valence-electron chi connectivity index (χ2n) is 5.81. The molecule has 2 saturated heterocycles. The van der Waals surface area contributed by atoms with Gasteiger partial charge in [-0.1, -0.05) is 6.42 Å². The summed E-state index contributed by atoms with van der Waals surface area (Å²) in [5, 5.41) is 0. The lowest BCUT2D eigenvalue weighted by Gasteiger charge is -2.41. The van der Waals surface area contributed by atoms with Gasteiger partial charge in [0.05, 0.1) is 5.60 Å². The van der Waals surface area contributed by atoms with Gasteiger partial charge in [-0.15, -0.1) is 0 Å². The van der Waals surface area contributed by atoms with Gasteiger partial charge in [0.1, 0.15) is 0 Å². The minimum Gasteiger partial charge on any atom is -0.374 e. The lowest BCUT2D eigenvalue weighted by Crippen LogP contribution is -2.48. The monoisotopic (exact) mass is 272 g/mol. The molecule has 2 rings (SSSR count). The summed E-state index contributed by atoms with van der Waals surface area (Å²) >= 11 is 2.06. The topological polar surface area (TPSA) is 38.5 Å². The number of hydrogen-bond acceptors (Lipinski definition) is 4. The van der Waals surface area contributed by atoms with E-state index in [0.29, 0.717) is 0 Å². The van der Waals surface area contributed by atoms with Gasteiger partial charge in [-0.25, -0.2) is 0 Å². The zero-order valence-electron chi connectivity index (χ0n) is 11.7. The Morgan fingerprint density at radius 1 is 1.39 bits per heavy atom. The number of rotatable bonds is 6. The summed E-state index contributed by atoms with van der Waals surface area (Å²) in [7, 11) is 2.29. The molecule has 0 aliphatic carbocycles. The fourth-order valence-corrected chi connectivity index (χ4v) is 4.48. The van der Waals surface area contributed by atoms with Crippen LogP contribution in [0.2, 0.25) is 0 Å². The van der Waals surface area contributed by atoms with Crippen LogP contribution < -0.4 is 5.73 Å². The molecule has 0 aromatic rings. The maximum Gasteiger partial charge on any atom is 0.0795 e. The summed E-state index contributed by atoms with van der Waals surface area (Å²) in [6, 6.07) is 0.732. The van der Waals surface area contributed by atoms with E-state index in [1.54, 1.807) is 0 Å². The first kappa shape index (κ1) is 14.6. The van der Waals surface area contributed by atoms with E-state index in [1.165, 1.54) is 56.6 Å². The lowest BCUT2D eigenvalue weighted by atomic mass is 9.89. The van der Waals surface area contributed by atoms with Gasteiger partial charge < -0.3 is 15.4 Å². The molecule has 2 aliphatic rings. The van der Waals surface area contributed by atoms with Crippen molar-refractivity contribution >= 4 is 11.8 Å². The number of ether oxygens (including phenoxy) is 1. The Kier molecular flexibility index (Phi) is 5.80. The number of nitrogens with zero attached hydrogens (tertiary/aromatic N) is 1. The fraction of sp³-hybridized carbons (Fsp3) is 1.00. The number of nitrogens with two attached hydrogens (primary N) is 1. The molecule has 106 valence electrons. The Bertz CT molecular complexity index is 244. The number of hydrogen-bond donors (Lipinski definition) is 1. The Morgan fingerprint density at radius 3 is 3.00 bits per heavy atom. The van der Waals surface area contributed by atoms with Crippen molar-refractivity contribution in [1.82, 2.24) is 4.90 Å². The van der Waals surface area contributed by atoms with Gasteiger partial charge >= 0.3 is 0 Å². The Labute approximate surface area is 116 Å². The van der Waals surface area contributed by atoms with E-state index in [-0.39, 0.29) is 5.60 Å². The van der Waals surface area contributed by atoms with E-state index in [0.717, 1.165) is 19.2 Å². The van der Waals surface area contributed by atoms with Crippen LogP contribution in [0.3, 0.4) is 0 Å². The molecule has 2 N–H and O–H groups in total. The second kappa shape index (κ2) is 7.13.